The Bertz CT molecular complexity index is 1040. The van der Waals surface area contributed by atoms with Crippen LogP contribution in [0.2, 0.25) is 0 Å². The second-order valence-corrected chi connectivity index (χ2v) is 8.23. The number of halogens is 1. The van der Waals surface area contributed by atoms with Crippen LogP contribution in [0.3, 0.4) is 0 Å². The minimum atomic E-state index is -0.476. The number of aryl methyl sites for hydroxylation is 2. The normalized spacial score (nSPS) is 17.1. The highest BCUT2D eigenvalue weighted by molar-refractivity contribution is 5.94. The summed E-state index contributed by atoms with van der Waals surface area (Å²) >= 11 is 0. The first-order valence-electron chi connectivity index (χ1n) is 11.2. The molecule has 1 saturated heterocycles. The van der Waals surface area contributed by atoms with E-state index in [1.165, 1.54) is 32.5 Å². The monoisotopic (exact) mass is 469 g/mol. The maximum atomic E-state index is 14.7. The number of rotatable bonds is 9. The van der Waals surface area contributed by atoms with Gasteiger partial charge in [-0.25, -0.2) is 14.4 Å². The Morgan fingerprint density at radius 3 is 2.76 bits per heavy atom. The van der Waals surface area contributed by atoms with Crippen molar-refractivity contribution in [1.29, 1.82) is 0 Å². The van der Waals surface area contributed by atoms with Crippen LogP contribution in [0.1, 0.15) is 34.3 Å². The second-order valence-electron chi connectivity index (χ2n) is 8.23. The number of likely N-dealkylation sites (tertiary alicyclic amines) is 1. The van der Waals surface area contributed by atoms with E-state index in [0.717, 1.165) is 31.5 Å². The minimum Gasteiger partial charge on any atom is -0.494 e. The number of hydrogen-bond acceptors (Lipinski definition) is 8. The van der Waals surface area contributed by atoms with Crippen LogP contribution in [0.5, 0.6) is 5.75 Å². The topological polar surface area (TPSA) is 118 Å². The van der Waals surface area contributed by atoms with Crippen LogP contribution in [0.15, 0.2) is 41.4 Å². The Morgan fingerprint density at radius 2 is 2.12 bits per heavy atom. The summed E-state index contributed by atoms with van der Waals surface area (Å²) in [5.74, 6) is -0.353. The Labute approximate surface area is 199 Å². The summed E-state index contributed by atoms with van der Waals surface area (Å²) in [6, 6.07) is 3.18. The van der Waals surface area contributed by atoms with E-state index in [1.54, 1.807) is 18.6 Å². The number of hydrogen-bond donors (Lipinski definition) is 3. The average molecular weight is 470 g/mol. The highest BCUT2D eigenvalue weighted by Crippen LogP contribution is 2.24. The van der Waals surface area contributed by atoms with Crippen molar-refractivity contribution < 1.29 is 13.9 Å². The molecule has 1 fully saturated rings. The molecule has 1 aromatic heterocycles. The number of aromatic nitrogens is 2. The highest BCUT2D eigenvalue weighted by atomic mass is 19.1. The lowest BCUT2D eigenvalue weighted by Crippen LogP contribution is -2.34. The van der Waals surface area contributed by atoms with Gasteiger partial charge in [-0.1, -0.05) is 0 Å². The molecule has 1 aromatic carbocycles. The van der Waals surface area contributed by atoms with Gasteiger partial charge >= 0.3 is 0 Å². The zero-order valence-corrected chi connectivity index (χ0v) is 19.8. The van der Waals surface area contributed by atoms with Gasteiger partial charge in [-0.3, -0.25) is 9.79 Å². The van der Waals surface area contributed by atoms with Gasteiger partial charge in [-0.05, 0) is 62.5 Å². The van der Waals surface area contributed by atoms with Crippen molar-refractivity contribution in [2.45, 2.75) is 31.7 Å². The van der Waals surface area contributed by atoms with Gasteiger partial charge in [0.2, 0.25) is 5.95 Å². The molecule has 0 spiro atoms. The summed E-state index contributed by atoms with van der Waals surface area (Å²) in [4.78, 5) is 27.5. The molecule has 3 rings (SSSR count). The lowest BCUT2D eigenvalue weighted by Gasteiger charge is -2.27. The van der Waals surface area contributed by atoms with Crippen molar-refractivity contribution in [3.8, 4) is 5.75 Å². The Kier molecular flexibility index (Phi) is 8.92. The standard InChI is InChI=1S/C24H32FN7O2/c1-27-23(33)18-9-17(22(25)21(10-18)34-3)7-6-16-12-29-24(30-13-16)31-20(11-26)14-28-19-5-4-8-32(2)15-19/h9-14,19H,4-8,15,26H2,1-3H3,(H,27,33)(H,29,30,31)/b20-11+,28-14-/t19-/m0/s1. The predicted octanol–water partition coefficient (Wildman–Crippen LogP) is 2.15. The number of benzene rings is 1. The fourth-order valence-corrected chi connectivity index (χ4v) is 3.78. The molecule has 0 saturated carbocycles. The molecule has 1 aliphatic heterocycles. The van der Waals surface area contributed by atoms with E-state index in [4.69, 9.17) is 10.5 Å². The van der Waals surface area contributed by atoms with Gasteiger partial charge in [0.15, 0.2) is 11.6 Å². The van der Waals surface area contributed by atoms with Gasteiger partial charge < -0.3 is 26.0 Å². The lowest BCUT2D eigenvalue weighted by molar-refractivity contribution is 0.0962. The number of allylic oxidation sites excluding steroid dienone is 1. The number of nitrogens with one attached hydrogen (secondary N) is 2. The summed E-state index contributed by atoms with van der Waals surface area (Å²) < 4.78 is 19.8. The Morgan fingerprint density at radius 1 is 1.35 bits per heavy atom. The number of aliphatic imine (C=N–C) groups is 1. The van der Waals surface area contributed by atoms with E-state index in [9.17, 15) is 9.18 Å². The van der Waals surface area contributed by atoms with Gasteiger partial charge in [-0.15, -0.1) is 0 Å². The highest BCUT2D eigenvalue weighted by Gasteiger charge is 2.16. The van der Waals surface area contributed by atoms with Crippen LogP contribution in [0, 0.1) is 5.82 Å². The summed E-state index contributed by atoms with van der Waals surface area (Å²) in [6.07, 6.45) is 9.54. The maximum Gasteiger partial charge on any atom is 0.251 e. The average Bonchev–Trinajstić information content (AvgIpc) is 2.86. The number of piperidine rings is 1. The van der Waals surface area contributed by atoms with Crippen LogP contribution in [-0.2, 0) is 12.8 Å². The molecule has 34 heavy (non-hydrogen) atoms. The third-order valence-corrected chi connectivity index (χ3v) is 5.67. The number of methoxy groups -OCH3 is 1. The molecule has 2 heterocycles. The first kappa shape index (κ1) is 25.1. The predicted molar refractivity (Wildman–Crippen MR) is 131 cm³/mol. The van der Waals surface area contributed by atoms with Crippen LogP contribution in [-0.4, -0.2) is 67.3 Å². The van der Waals surface area contributed by atoms with Crippen LogP contribution >= 0.6 is 0 Å². The largest absolute Gasteiger partial charge is 0.494 e. The molecule has 9 nitrogen and oxygen atoms in total. The molecule has 1 amide bonds. The van der Waals surface area contributed by atoms with Gasteiger partial charge in [0.1, 0.15) is 0 Å². The first-order valence-corrected chi connectivity index (χ1v) is 11.2. The molecular formula is C24H32FN7O2. The lowest BCUT2D eigenvalue weighted by atomic mass is 10.0. The number of nitrogens with two attached hydrogens (primary N) is 1. The molecule has 1 aliphatic rings. The maximum absolute atomic E-state index is 14.7. The number of amides is 1. The summed E-state index contributed by atoms with van der Waals surface area (Å²) in [7, 11) is 4.99. The number of carbonyl (C=O) groups excluding carboxylic acids is 1. The van der Waals surface area contributed by atoms with Crippen molar-refractivity contribution >= 4 is 18.1 Å². The van der Waals surface area contributed by atoms with Crippen LogP contribution in [0.4, 0.5) is 10.3 Å². The van der Waals surface area contributed by atoms with Crippen LogP contribution < -0.4 is 21.1 Å². The molecule has 0 unspecified atom stereocenters. The van der Waals surface area contributed by atoms with E-state index in [2.05, 4.69) is 37.5 Å². The molecular weight excluding hydrogens is 437 g/mol. The van der Waals surface area contributed by atoms with Gasteiger partial charge in [0.25, 0.3) is 5.91 Å². The third-order valence-electron chi connectivity index (χ3n) is 5.67. The summed E-state index contributed by atoms with van der Waals surface area (Å²) in [5, 5.41) is 5.60. The van der Waals surface area contributed by atoms with Crippen molar-refractivity contribution in [3.05, 3.63) is 58.9 Å². The van der Waals surface area contributed by atoms with Gasteiger partial charge in [0, 0.05) is 44.0 Å². The van der Waals surface area contributed by atoms with Crippen molar-refractivity contribution in [2.75, 3.05) is 39.6 Å². The smallest absolute Gasteiger partial charge is 0.251 e. The van der Waals surface area contributed by atoms with Gasteiger partial charge in [-0.2, -0.15) is 0 Å². The summed E-state index contributed by atoms with van der Waals surface area (Å²) in [5.41, 5.74) is 7.90. The van der Waals surface area contributed by atoms with Crippen molar-refractivity contribution in [2.24, 2.45) is 10.7 Å². The van der Waals surface area contributed by atoms with Crippen molar-refractivity contribution in [3.63, 3.8) is 0 Å². The fraction of sp³-hybridized carbons (Fsp3) is 0.417. The molecule has 0 radical (unpaired) electrons. The fourth-order valence-electron chi connectivity index (χ4n) is 3.78. The van der Waals surface area contributed by atoms with Gasteiger partial charge in [0.05, 0.1) is 18.8 Å². The molecule has 2 aromatic rings. The molecule has 10 heteroatoms. The van der Waals surface area contributed by atoms with E-state index < -0.39 is 5.82 Å². The van der Waals surface area contributed by atoms with E-state index in [0.29, 0.717) is 35.6 Å². The number of ether oxygens (including phenoxy) is 1. The second kappa shape index (κ2) is 12.1. The van der Waals surface area contributed by atoms with E-state index in [1.807, 2.05) is 0 Å². The van der Waals surface area contributed by atoms with E-state index in [-0.39, 0.29) is 17.7 Å². The zero-order valence-electron chi connectivity index (χ0n) is 19.8. The SMILES string of the molecule is CNC(=O)c1cc(CCc2cnc(NC(/C=N\[C@H]3CCCN(C)C3)=C/N)nc2)c(F)c(OC)c1. The first-order chi connectivity index (χ1) is 16.4. The third kappa shape index (κ3) is 6.74. The molecule has 182 valence electrons. The zero-order chi connectivity index (χ0) is 24.5. The molecule has 1 atom stereocenters. The Balaban J connectivity index is 1.61. The summed E-state index contributed by atoms with van der Waals surface area (Å²) in [6.45, 7) is 2.03. The molecule has 4 N–H and O–H groups in total. The Hall–Kier alpha value is -3.53. The number of carbonyl (C=O) groups is 1. The quantitative estimate of drug-likeness (QED) is 0.482. The van der Waals surface area contributed by atoms with E-state index >= 15 is 0 Å². The number of nitrogens with zero attached hydrogens (tertiary/aromatic N) is 4. The minimum absolute atomic E-state index is 0.0366. The van der Waals surface area contributed by atoms with Crippen molar-refractivity contribution in [1.82, 2.24) is 20.2 Å². The number of likely N-dealkylation sites (N-methyl/N-ethyl adjacent to an activating group) is 1. The molecule has 0 aliphatic carbocycles. The number of anilines is 1. The van der Waals surface area contributed by atoms with Crippen LogP contribution in [0.25, 0.3) is 0 Å². The molecule has 0 bridgehead atoms.